The molecule has 1 fully saturated rings. The zero-order chi connectivity index (χ0) is 22.3. The highest BCUT2D eigenvalue weighted by Crippen LogP contribution is 2.37. The molecule has 5 rings (SSSR count). The summed E-state index contributed by atoms with van der Waals surface area (Å²) in [5.41, 5.74) is 2.38. The van der Waals surface area contributed by atoms with Crippen LogP contribution in [0.4, 0.5) is 0 Å². The Morgan fingerprint density at radius 1 is 1.06 bits per heavy atom. The monoisotopic (exact) mass is 449 g/mol. The summed E-state index contributed by atoms with van der Waals surface area (Å²) in [4.78, 5) is 15.2. The molecule has 2 aliphatic heterocycles. The van der Waals surface area contributed by atoms with Crippen molar-refractivity contribution in [2.75, 3.05) is 13.1 Å². The minimum Gasteiger partial charge on any atom is -0.490 e. The second-order valence-electron chi connectivity index (χ2n) is 8.11. The molecule has 0 spiro atoms. The third-order valence-electron chi connectivity index (χ3n) is 5.89. The van der Waals surface area contributed by atoms with Gasteiger partial charge in [0, 0.05) is 55.7 Å². The molecule has 0 saturated carbocycles. The number of nitrogens with zero attached hydrogens (tertiary/aromatic N) is 3. The second-order valence-corrected chi connectivity index (χ2v) is 9.88. The van der Waals surface area contributed by atoms with Crippen molar-refractivity contribution in [3.63, 3.8) is 0 Å². The molecule has 0 unspecified atom stereocenters. The lowest BCUT2D eigenvalue weighted by atomic mass is 9.99. The molecule has 1 amide bonds. The van der Waals surface area contributed by atoms with Gasteiger partial charge >= 0.3 is 0 Å². The second kappa shape index (κ2) is 7.94. The number of carbonyl (C=O) groups is 1. The highest BCUT2D eigenvalue weighted by Gasteiger charge is 2.34. The molecule has 1 aromatic heterocycles. The van der Waals surface area contributed by atoms with Gasteiger partial charge in [-0.15, -0.1) is 0 Å². The van der Waals surface area contributed by atoms with E-state index in [1.807, 2.05) is 43.6 Å². The minimum absolute atomic E-state index is 0.0345. The molecular weight excluding hydrogens is 426 g/mol. The summed E-state index contributed by atoms with van der Waals surface area (Å²) in [6, 6.07) is 14.7. The van der Waals surface area contributed by atoms with Gasteiger partial charge in [0.15, 0.2) is 0 Å². The smallest absolute Gasteiger partial charge is 0.255 e. The molecule has 0 N–H and O–H groups in total. The van der Waals surface area contributed by atoms with E-state index in [0.717, 1.165) is 22.3 Å². The Morgan fingerprint density at radius 2 is 1.81 bits per heavy atom. The number of benzene rings is 2. The number of piperidine rings is 1. The number of rotatable bonds is 4. The van der Waals surface area contributed by atoms with Gasteiger partial charge in [0.2, 0.25) is 9.84 Å². The number of amides is 1. The predicted molar refractivity (Wildman–Crippen MR) is 120 cm³/mol. The fourth-order valence-corrected chi connectivity index (χ4v) is 5.62. The highest BCUT2D eigenvalue weighted by atomic mass is 32.2. The van der Waals surface area contributed by atoms with Gasteiger partial charge < -0.3 is 9.64 Å². The number of carbonyl (C=O) groups excluding carboxylic acids is 1. The predicted octanol–water partition coefficient (Wildman–Crippen LogP) is 3.29. The Kier molecular flexibility index (Phi) is 5.09. The SMILES string of the molecule is Cn1cc(-c2ccc3c(c2)C(C(=O)N2CCC(Oc4ccccc4)CC2)=CS3(=O)=O)cn1. The zero-order valence-electron chi connectivity index (χ0n) is 17.6. The number of aromatic nitrogens is 2. The molecule has 7 nitrogen and oxygen atoms in total. The fourth-order valence-electron chi connectivity index (χ4n) is 4.22. The van der Waals surface area contributed by atoms with Gasteiger partial charge in [0.25, 0.3) is 5.91 Å². The number of fused-ring (bicyclic) bond motifs is 1. The Bertz CT molecular complexity index is 1300. The van der Waals surface area contributed by atoms with E-state index < -0.39 is 9.84 Å². The molecule has 3 aromatic rings. The summed E-state index contributed by atoms with van der Waals surface area (Å²) in [6.45, 7) is 1.04. The van der Waals surface area contributed by atoms with E-state index in [1.54, 1.807) is 34.0 Å². The Labute approximate surface area is 186 Å². The quantitative estimate of drug-likeness (QED) is 0.611. The Balaban J connectivity index is 1.35. The average Bonchev–Trinajstić information content (AvgIpc) is 3.35. The maximum Gasteiger partial charge on any atom is 0.255 e. The minimum atomic E-state index is -3.64. The van der Waals surface area contributed by atoms with Crippen LogP contribution >= 0.6 is 0 Å². The number of likely N-dealkylation sites (tertiary alicyclic amines) is 1. The first-order valence-corrected chi connectivity index (χ1v) is 12.1. The molecule has 8 heteroatoms. The lowest BCUT2D eigenvalue weighted by molar-refractivity contribution is -0.126. The number of ether oxygens (including phenoxy) is 1. The molecule has 2 aliphatic rings. The van der Waals surface area contributed by atoms with Crippen LogP contribution in [0.5, 0.6) is 5.75 Å². The Morgan fingerprint density at radius 3 is 2.50 bits per heavy atom. The lowest BCUT2D eigenvalue weighted by Crippen LogP contribution is -2.42. The van der Waals surface area contributed by atoms with Gasteiger partial charge in [0.05, 0.1) is 16.7 Å². The van der Waals surface area contributed by atoms with Crippen molar-refractivity contribution in [1.82, 2.24) is 14.7 Å². The first-order valence-electron chi connectivity index (χ1n) is 10.5. The van der Waals surface area contributed by atoms with Gasteiger partial charge in [0.1, 0.15) is 11.9 Å². The first-order chi connectivity index (χ1) is 15.4. The van der Waals surface area contributed by atoms with Crippen molar-refractivity contribution >= 4 is 21.3 Å². The standard InChI is InChI=1S/C24H23N3O4S/c1-26-15-18(14-25-26)17-7-8-23-21(13-17)22(16-32(23,29)30)24(28)27-11-9-20(10-12-27)31-19-5-3-2-4-6-19/h2-8,13-16,20H,9-12H2,1H3. The zero-order valence-corrected chi connectivity index (χ0v) is 18.5. The summed E-state index contributed by atoms with van der Waals surface area (Å²) in [5.74, 6) is 0.563. The third kappa shape index (κ3) is 3.82. The fraction of sp³-hybridized carbons (Fsp3) is 0.250. The van der Waals surface area contributed by atoms with Crippen LogP contribution in [-0.2, 0) is 21.7 Å². The largest absolute Gasteiger partial charge is 0.490 e. The average molecular weight is 450 g/mol. The molecule has 1 saturated heterocycles. The van der Waals surface area contributed by atoms with Crippen LogP contribution in [0.25, 0.3) is 16.7 Å². The van der Waals surface area contributed by atoms with Crippen molar-refractivity contribution in [2.24, 2.45) is 7.05 Å². The summed E-state index contributed by atoms with van der Waals surface area (Å²) < 4.78 is 33.0. The summed E-state index contributed by atoms with van der Waals surface area (Å²) in [6.07, 6.45) is 5.00. The van der Waals surface area contributed by atoms with Crippen molar-refractivity contribution in [3.8, 4) is 16.9 Å². The van der Waals surface area contributed by atoms with E-state index in [1.165, 1.54) is 0 Å². The van der Waals surface area contributed by atoms with Gasteiger partial charge in [-0.3, -0.25) is 9.48 Å². The molecule has 3 heterocycles. The molecule has 164 valence electrons. The van der Waals surface area contributed by atoms with Crippen molar-refractivity contribution in [3.05, 3.63) is 71.9 Å². The van der Waals surface area contributed by atoms with Crippen LogP contribution in [0, 0.1) is 0 Å². The number of aryl methyl sites for hydroxylation is 1. The van der Waals surface area contributed by atoms with Crippen molar-refractivity contribution in [2.45, 2.75) is 23.8 Å². The Hall–Kier alpha value is -3.39. The lowest BCUT2D eigenvalue weighted by Gasteiger charge is -2.32. The van der Waals surface area contributed by atoms with Crippen LogP contribution in [-0.4, -0.2) is 48.2 Å². The van der Waals surface area contributed by atoms with Crippen molar-refractivity contribution < 1.29 is 17.9 Å². The van der Waals surface area contributed by atoms with Crippen LogP contribution in [0.15, 0.2) is 71.2 Å². The van der Waals surface area contributed by atoms with Gasteiger partial charge in [-0.25, -0.2) is 8.42 Å². The molecule has 0 aliphatic carbocycles. The van der Waals surface area contributed by atoms with Crippen LogP contribution in [0.2, 0.25) is 0 Å². The molecule has 0 radical (unpaired) electrons. The first kappa shape index (κ1) is 20.5. The third-order valence-corrected chi connectivity index (χ3v) is 7.41. The number of hydrogen-bond donors (Lipinski definition) is 0. The molecule has 0 bridgehead atoms. The van der Waals surface area contributed by atoms with E-state index >= 15 is 0 Å². The van der Waals surface area contributed by atoms with Crippen molar-refractivity contribution in [1.29, 1.82) is 0 Å². The van der Waals surface area contributed by atoms with Crippen LogP contribution in [0.1, 0.15) is 18.4 Å². The topological polar surface area (TPSA) is 81.5 Å². The maximum absolute atomic E-state index is 13.3. The number of hydrogen-bond acceptors (Lipinski definition) is 5. The van der Waals surface area contributed by atoms with Gasteiger partial charge in [-0.1, -0.05) is 24.3 Å². The van der Waals surface area contributed by atoms with E-state index in [-0.39, 0.29) is 22.5 Å². The highest BCUT2D eigenvalue weighted by molar-refractivity contribution is 7.95. The summed E-state index contributed by atoms with van der Waals surface area (Å²) in [5, 5.41) is 5.29. The summed E-state index contributed by atoms with van der Waals surface area (Å²) >= 11 is 0. The van der Waals surface area contributed by atoms with E-state index in [4.69, 9.17) is 4.74 Å². The normalized spacial score (nSPS) is 17.7. The molecule has 32 heavy (non-hydrogen) atoms. The van der Waals surface area contributed by atoms with E-state index in [9.17, 15) is 13.2 Å². The number of sulfone groups is 1. The van der Waals surface area contributed by atoms with Crippen LogP contribution < -0.4 is 4.74 Å². The van der Waals surface area contributed by atoms with E-state index in [0.29, 0.717) is 31.5 Å². The maximum atomic E-state index is 13.3. The molecule has 2 aromatic carbocycles. The summed E-state index contributed by atoms with van der Waals surface area (Å²) in [7, 11) is -1.82. The molecular formula is C24H23N3O4S. The van der Waals surface area contributed by atoms with Crippen LogP contribution in [0.3, 0.4) is 0 Å². The van der Waals surface area contributed by atoms with Gasteiger partial charge in [-0.2, -0.15) is 5.10 Å². The van der Waals surface area contributed by atoms with Gasteiger partial charge in [-0.05, 0) is 29.8 Å². The number of para-hydroxylation sites is 1. The van der Waals surface area contributed by atoms with E-state index in [2.05, 4.69) is 5.10 Å². The molecule has 0 atom stereocenters.